The molecule has 0 bridgehead atoms. The highest BCUT2D eigenvalue weighted by Gasteiger charge is 2.12. The highest BCUT2D eigenvalue weighted by atomic mass is 32.1. The van der Waals surface area contributed by atoms with E-state index in [0.717, 1.165) is 38.3 Å². The Morgan fingerprint density at radius 2 is 1.81 bits per heavy atom. The summed E-state index contributed by atoms with van der Waals surface area (Å²) in [6.45, 7) is 2.55. The summed E-state index contributed by atoms with van der Waals surface area (Å²) in [6.07, 6.45) is 0. The summed E-state index contributed by atoms with van der Waals surface area (Å²) in [6, 6.07) is 17.0. The van der Waals surface area contributed by atoms with E-state index in [0.29, 0.717) is 11.5 Å². The number of methoxy groups -OCH3 is 1. The molecule has 6 heteroatoms. The molecule has 0 radical (unpaired) electrons. The standard InChI is InChI=1S/C21H18N2O3S/c1-3-26-16-6-4-15(5-7-16)22-20(24)19-12-14-10-13-11-17(25-2)8-9-18(13)23-21(14)27-19/h4-12H,3H2,1-2H3,(H,22,24). The first-order valence-electron chi connectivity index (χ1n) is 8.59. The quantitative estimate of drug-likeness (QED) is 0.524. The molecule has 0 saturated carbocycles. The maximum absolute atomic E-state index is 12.6. The summed E-state index contributed by atoms with van der Waals surface area (Å²) in [4.78, 5) is 18.7. The average molecular weight is 378 g/mol. The number of ether oxygens (including phenoxy) is 2. The monoisotopic (exact) mass is 378 g/mol. The lowest BCUT2D eigenvalue weighted by molar-refractivity contribution is 0.103. The Kier molecular flexibility index (Phi) is 4.64. The van der Waals surface area contributed by atoms with Crippen LogP contribution in [0.15, 0.2) is 54.6 Å². The number of carbonyl (C=O) groups excluding carboxylic acids is 1. The lowest BCUT2D eigenvalue weighted by atomic mass is 10.2. The summed E-state index contributed by atoms with van der Waals surface area (Å²) in [5.41, 5.74) is 1.60. The van der Waals surface area contributed by atoms with E-state index in [1.807, 2.05) is 61.5 Å². The van der Waals surface area contributed by atoms with Crippen LogP contribution in [0.5, 0.6) is 11.5 Å². The first kappa shape index (κ1) is 17.3. The molecule has 5 nitrogen and oxygen atoms in total. The number of carbonyl (C=O) groups is 1. The number of hydrogen-bond acceptors (Lipinski definition) is 5. The van der Waals surface area contributed by atoms with Crippen molar-refractivity contribution in [3.05, 3.63) is 59.5 Å². The van der Waals surface area contributed by atoms with Gasteiger partial charge in [0.05, 0.1) is 24.1 Å². The summed E-state index contributed by atoms with van der Waals surface area (Å²) < 4.78 is 10.7. The molecular weight excluding hydrogens is 360 g/mol. The normalized spacial score (nSPS) is 10.9. The van der Waals surface area contributed by atoms with Crippen molar-refractivity contribution in [3.8, 4) is 11.5 Å². The van der Waals surface area contributed by atoms with Gasteiger partial charge in [0.1, 0.15) is 16.3 Å². The Morgan fingerprint density at radius 3 is 2.56 bits per heavy atom. The van der Waals surface area contributed by atoms with Gasteiger partial charge in [-0.1, -0.05) is 0 Å². The van der Waals surface area contributed by atoms with Gasteiger partial charge in [-0.05, 0) is 61.5 Å². The van der Waals surface area contributed by atoms with E-state index in [9.17, 15) is 4.79 Å². The fourth-order valence-electron chi connectivity index (χ4n) is 2.85. The SMILES string of the molecule is CCOc1ccc(NC(=O)c2cc3cc4cc(OC)ccc4nc3s2)cc1. The van der Waals surface area contributed by atoms with E-state index >= 15 is 0 Å². The second kappa shape index (κ2) is 7.25. The van der Waals surface area contributed by atoms with Crippen molar-refractivity contribution in [1.82, 2.24) is 4.98 Å². The van der Waals surface area contributed by atoms with Gasteiger partial charge in [-0.25, -0.2) is 4.98 Å². The maximum atomic E-state index is 12.6. The smallest absolute Gasteiger partial charge is 0.265 e. The Hall–Kier alpha value is -3.12. The number of pyridine rings is 1. The Balaban J connectivity index is 1.60. The number of nitrogens with zero attached hydrogens (tertiary/aromatic N) is 1. The van der Waals surface area contributed by atoms with Crippen LogP contribution in [-0.2, 0) is 0 Å². The summed E-state index contributed by atoms with van der Waals surface area (Å²) in [5.74, 6) is 1.42. The van der Waals surface area contributed by atoms with Gasteiger partial charge >= 0.3 is 0 Å². The van der Waals surface area contributed by atoms with Crippen molar-refractivity contribution in [1.29, 1.82) is 0 Å². The molecule has 2 heterocycles. The number of aromatic nitrogens is 1. The first-order valence-corrected chi connectivity index (χ1v) is 9.40. The van der Waals surface area contributed by atoms with Crippen molar-refractivity contribution in [3.63, 3.8) is 0 Å². The molecule has 4 rings (SSSR count). The van der Waals surface area contributed by atoms with Crippen molar-refractivity contribution in [2.24, 2.45) is 0 Å². The third kappa shape index (κ3) is 3.57. The zero-order valence-electron chi connectivity index (χ0n) is 15.0. The Morgan fingerprint density at radius 1 is 1.04 bits per heavy atom. The number of hydrogen-bond donors (Lipinski definition) is 1. The van der Waals surface area contributed by atoms with E-state index in [-0.39, 0.29) is 5.91 Å². The molecule has 0 aliphatic heterocycles. The summed E-state index contributed by atoms with van der Waals surface area (Å²) in [5, 5.41) is 4.84. The number of fused-ring (bicyclic) bond motifs is 2. The highest BCUT2D eigenvalue weighted by Crippen LogP contribution is 2.29. The Bertz CT molecular complexity index is 1120. The second-order valence-electron chi connectivity index (χ2n) is 5.96. The van der Waals surface area contributed by atoms with E-state index < -0.39 is 0 Å². The number of amides is 1. The van der Waals surface area contributed by atoms with Crippen molar-refractivity contribution >= 4 is 44.1 Å². The molecule has 0 spiro atoms. The minimum Gasteiger partial charge on any atom is -0.497 e. The van der Waals surface area contributed by atoms with Crippen molar-refractivity contribution < 1.29 is 14.3 Å². The lowest BCUT2D eigenvalue weighted by Crippen LogP contribution is -2.09. The van der Waals surface area contributed by atoms with Gasteiger partial charge < -0.3 is 14.8 Å². The molecule has 1 N–H and O–H groups in total. The van der Waals surface area contributed by atoms with Gasteiger partial charge in [0.25, 0.3) is 5.91 Å². The number of nitrogens with one attached hydrogen (secondary N) is 1. The van der Waals surface area contributed by atoms with Crippen LogP contribution in [0.2, 0.25) is 0 Å². The summed E-state index contributed by atoms with van der Waals surface area (Å²) in [7, 11) is 1.64. The molecule has 1 amide bonds. The van der Waals surface area contributed by atoms with E-state index in [2.05, 4.69) is 10.3 Å². The van der Waals surface area contributed by atoms with Gasteiger partial charge in [-0.3, -0.25) is 4.79 Å². The molecule has 0 aliphatic rings. The maximum Gasteiger partial charge on any atom is 0.265 e. The zero-order valence-corrected chi connectivity index (χ0v) is 15.8. The lowest BCUT2D eigenvalue weighted by Gasteiger charge is -2.06. The molecule has 0 fully saturated rings. The number of thiophene rings is 1. The summed E-state index contributed by atoms with van der Waals surface area (Å²) >= 11 is 1.38. The highest BCUT2D eigenvalue weighted by molar-refractivity contribution is 7.20. The van der Waals surface area contributed by atoms with Gasteiger partial charge in [0, 0.05) is 16.5 Å². The predicted octanol–water partition coefficient (Wildman–Crippen LogP) is 5.11. The van der Waals surface area contributed by atoms with Crippen molar-refractivity contribution in [2.75, 3.05) is 19.0 Å². The molecule has 2 aromatic carbocycles. The molecule has 136 valence electrons. The van der Waals surface area contributed by atoms with E-state index in [4.69, 9.17) is 9.47 Å². The van der Waals surface area contributed by atoms with E-state index in [1.165, 1.54) is 11.3 Å². The molecule has 4 aromatic rings. The molecule has 0 saturated heterocycles. The number of benzene rings is 2. The van der Waals surface area contributed by atoms with Crippen LogP contribution in [0.25, 0.3) is 21.1 Å². The van der Waals surface area contributed by atoms with Crippen LogP contribution >= 0.6 is 11.3 Å². The van der Waals surface area contributed by atoms with Crippen molar-refractivity contribution in [2.45, 2.75) is 6.92 Å². The topological polar surface area (TPSA) is 60.5 Å². The van der Waals surface area contributed by atoms with Crippen LogP contribution in [0, 0.1) is 0 Å². The van der Waals surface area contributed by atoms with Crippen LogP contribution in [0.4, 0.5) is 5.69 Å². The first-order chi connectivity index (χ1) is 13.2. The van der Waals surface area contributed by atoms with Gasteiger partial charge in [0.2, 0.25) is 0 Å². The fourth-order valence-corrected chi connectivity index (χ4v) is 3.76. The second-order valence-corrected chi connectivity index (χ2v) is 6.99. The van der Waals surface area contributed by atoms with Crippen LogP contribution in [0.1, 0.15) is 16.6 Å². The number of rotatable bonds is 5. The van der Waals surface area contributed by atoms with Crippen LogP contribution in [-0.4, -0.2) is 24.6 Å². The molecule has 0 atom stereocenters. The minimum absolute atomic E-state index is 0.149. The van der Waals surface area contributed by atoms with Crippen LogP contribution < -0.4 is 14.8 Å². The molecule has 2 aromatic heterocycles. The third-order valence-electron chi connectivity index (χ3n) is 4.15. The molecular formula is C21H18N2O3S. The molecule has 0 aliphatic carbocycles. The molecule has 27 heavy (non-hydrogen) atoms. The minimum atomic E-state index is -0.149. The zero-order chi connectivity index (χ0) is 18.8. The molecule has 0 unspecified atom stereocenters. The predicted molar refractivity (Wildman–Crippen MR) is 109 cm³/mol. The van der Waals surface area contributed by atoms with Gasteiger partial charge in [-0.2, -0.15) is 0 Å². The number of anilines is 1. The van der Waals surface area contributed by atoms with Gasteiger partial charge in [-0.15, -0.1) is 11.3 Å². The largest absolute Gasteiger partial charge is 0.497 e. The third-order valence-corrected chi connectivity index (χ3v) is 5.20. The van der Waals surface area contributed by atoms with Gasteiger partial charge in [0.15, 0.2) is 0 Å². The van der Waals surface area contributed by atoms with Crippen LogP contribution in [0.3, 0.4) is 0 Å². The van der Waals surface area contributed by atoms with E-state index in [1.54, 1.807) is 7.11 Å². The fraction of sp³-hybridized carbons (Fsp3) is 0.143. The Labute approximate surface area is 160 Å². The average Bonchev–Trinajstić information content (AvgIpc) is 3.10.